The quantitative estimate of drug-likeness (QED) is 0.783. The Kier molecular flexibility index (Phi) is 3.17. The van der Waals surface area contributed by atoms with Crippen molar-refractivity contribution in [1.82, 2.24) is 20.1 Å². The Hall–Kier alpha value is -2.69. The van der Waals surface area contributed by atoms with Crippen molar-refractivity contribution < 1.29 is 4.79 Å². The van der Waals surface area contributed by atoms with Crippen LogP contribution >= 0.6 is 0 Å². The molecule has 2 heterocycles. The molecule has 1 N–H and O–H groups in total. The smallest absolute Gasteiger partial charge is 0.251 e. The first-order chi connectivity index (χ1) is 10.1. The lowest BCUT2D eigenvalue weighted by Crippen LogP contribution is -2.18. The number of carbonyl (C=O) groups is 1. The lowest BCUT2D eigenvalue weighted by molar-refractivity contribution is 0.0964. The monoisotopic (exact) mass is 280 g/mol. The number of rotatable bonds is 2. The molecule has 5 nitrogen and oxygen atoms in total. The van der Waals surface area contributed by atoms with Gasteiger partial charge in [0.25, 0.3) is 5.91 Å². The molecular weight excluding hydrogens is 264 g/mol. The third-order valence-corrected chi connectivity index (χ3v) is 3.51. The van der Waals surface area contributed by atoms with Crippen molar-refractivity contribution in [3.63, 3.8) is 0 Å². The van der Waals surface area contributed by atoms with E-state index in [9.17, 15) is 4.79 Å². The average molecular weight is 280 g/mol. The fraction of sp³-hybridized carbons (Fsp3) is 0.188. The molecule has 0 spiro atoms. The average Bonchev–Trinajstić information content (AvgIpc) is 2.81. The third kappa shape index (κ3) is 2.16. The van der Waals surface area contributed by atoms with Gasteiger partial charge in [-0.15, -0.1) is 0 Å². The van der Waals surface area contributed by atoms with Crippen LogP contribution in [-0.2, 0) is 7.05 Å². The van der Waals surface area contributed by atoms with Crippen LogP contribution in [0.5, 0.6) is 0 Å². The lowest BCUT2D eigenvalue weighted by Gasteiger charge is -2.07. The molecule has 0 aliphatic rings. The zero-order chi connectivity index (χ0) is 15.0. The summed E-state index contributed by atoms with van der Waals surface area (Å²) in [6, 6.07) is 11.6. The molecule has 0 unspecified atom stereocenters. The minimum atomic E-state index is -0.129. The maximum Gasteiger partial charge on any atom is 0.251 e. The van der Waals surface area contributed by atoms with Crippen LogP contribution in [-0.4, -0.2) is 27.7 Å². The highest BCUT2D eigenvalue weighted by molar-refractivity contribution is 6.07. The van der Waals surface area contributed by atoms with Crippen molar-refractivity contribution >= 4 is 16.9 Å². The summed E-state index contributed by atoms with van der Waals surface area (Å²) in [5, 5.41) is 7.86. The summed E-state index contributed by atoms with van der Waals surface area (Å²) < 4.78 is 1.71. The maximum atomic E-state index is 12.2. The predicted octanol–water partition coefficient (Wildman–Crippen LogP) is 2.30. The number of carbonyl (C=O) groups excluding carboxylic acids is 1. The van der Waals surface area contributed by atoms with Gasteiger partial charge in [-0.25, -0.2) is 4.98 Å². The van der Waals surface area contributed by atoms with Gasteiger partial charge in [-0.05, 0) is 13.0 Å². The number of benzene rings is 1. The normalized spacial score (nSPS) is 10.8. The van der Waals surface area contributed by atoms with E-state index in [0.717, 1.165) is 22.3 Å². The molecule has 0 saturated carbocycles. The summed E-state index contributed by atoms with van der Waals surface area (Å²) in [5.41, 5.74) is 3.87. The van der Waals surface area contributed by atoms with E-state index in [-0.39, 0.29) is 5.91 Å². The van der Waals surface area contributed by atoms with Crippen LogP contribution in [0.2, 0.25) is 0 Å². The number of hydrogen-bond acceptors (Lipinski definition) is 3. The number of amides is 1. The van der Waals surface area contributed by atoms with Gasteiger partial charge in [-0.2, -0.15) is 5.10 Å². The van der Waals surface area contributed by atoms with Crippen molar-refractivity contribution in [2.24, 2.45) is 7.05 Å². The van der Waals surface area contributed by atoms with Gasteiger partial charge in [0.1, 0.15) is 0 Å². The summed E-state index contributed by atoms with van der Waals surface area (Å²) in [5.74, 6) is -0.129. The van der Waals surface area contributed by atoms with E-state index in [1.165, 1.54) is 0 Å². The Morgan fingerprint density at radius 2 is 1.95 bits per heavy atom. The van der Waals surface area contributed by atoms with Crippen LogP contribution in [0.25, 0.3) is 22.3 Å². The Bertz CT molecular complexity index is 821. The fourth-order valence-corrected chi connectivity index (χ4v) is 2.52. The molecule has 0 bridgehead atoms. The Labute approximate surface area is 122 Å². The molecule has 2 aromatic heterocycles. The molecule has 0 atom stereocenters. The Balaban J connectivity index is 2.34. The first-order valence-corrected chi connectivity index (χ1v) is 6.73. The van der Waals surface area contributed by atoms with Crippen LogP contribution in [0.1, 0.15) is 16.1 Å². The van der Waals surface area contributed by atoms with Gasteiger partial charge in [0.2, 0.25) is 0 Å². The predicted molar refractivity (Wildman–Crippen MR) is 82.1 cm³/mol. The minimum absolute atomic E-state index is 0.129. The van der Waals surface area contributed by atoms with E-state index in [1.807, 2.05) is 50.4 Å². The molecule has 0 radical (unpaired) electrons. The molecule has 106 valence electrons. The van der Waals surface area contributed by atoms with Crippen LogP contribution in [0.4, 0.5) is 0 Å². The summed E-state index contributed by atoms with van der Waals surface area (Å²) in [6.45, 7) is 1.89. The molecule has 1 amide bonds. The van der Waals surface area contributed by atoms with Crippen LogP contribution in [0.3, 0.4) is 0 Å². The number of hydrogen-bond donors (Lipinski definition) is 1. The number of fused-ring (bicyclic) bond motifs is 1. The SMILES string of the molecule is CNC(=O)c1cc(-c2ccccc2)nc2c1c(C)nn2C. The fourth-order valence-electron chi connectivity index (χ4n) is 2.52. The second-order valence-electron chi connectivity index (χ2n) is 4.91. The van der Waals surface area contributed by atoms with Gasteiger partial charge in [-0.3, -0.25) is 9.48 Å². The summed E-state index contributed by atoms with van der Waals surface area (Å²) in [7, 11) is 3.47. The first kappa shape index (κ1) is 13.3. The second-order valence-corrected chi connectivity index (χ2v) is 4.91. The highest BCUT2D eigenvalue weighted by Gasteiger charge is 2.18. The van der Waals surface area contributed by atoms with Gasteiger partial charge < -0.3 is 5.32 Å². The van der Waals surface area contributed by atoms with Crippen molar-refractivity contribution in [1.29, 1.82) is 0 Å². The van der Waals surface area contributed by atoms with Crippen LogP contribution in [0.15, 0.2) is 36.4 Å². The van der Waals surface area contributed by atoms with Gasteiger partial charge in [-0.1, -0.05) is 30.3 Å². The largest absolute Gasteiger partial charge is 0.355 e. The molecule has 3 rings (SSSR count). The standard InChI is InChI=1S/C16H16N4O/c1-10-14-12(16(21)17-2)9-13(11-7-5-4-6-8-11)18-15(14)20(3)19-10/h4-9H,1-3H3,(H,17,21). The van der Waals surface area contributed by atoms with Crippen LogP contribution in [0, 0.1) is 6.92 Å². The summed E-state index contributed by atoms with van der Waals surface area (Å²) in [6.07, 6.45) is 0. The van der Waals surface area contributed by atoms with Gasteiger partial charge in [0, 0.05) is 19.7 Å². The van der Waals surface area contributed by atoms with E-state index in [0.29, 0.717) is 11.2 Å². The third-order valence-electron chi connectivity index (χ3n) is 3.51. The topological polar surface area (TPSA) is 59.8 Å². The number of aromatic nitrogens is 3. The number of nitrogens with one attached hydrogen (secondary N) is 1. The van der Waals surface area contributed by atoms with Crippen molar-refractivity contribution in [3.05, 3.63) is 47.7 Å². The highest BCUT2D eigenvalue weighted by atomic mass is 16.1. The molecule has 0 aliphatic heterocycles. The van der Waals surface area contributed by atoms with E-state index >= 15 is 0 Å². The molecule has 5 heteroatoms. The van der Waals surface area contributed by atoms with Crippen molar-refractivity contribution in [3.8, 4) is 11.3 Å². The summed E-state index contributed by atoms with van der Waals surface area (Å²) in [4.78, 5) is 16.9. The zero-order valence-corrected chi connectivity index (χ0v) is 12.2. The van der Waals surface area contributed by atoms with E-state index in [4.69, 9.17) is 0 Å². The molecule has 3 aromatic rings. The van der Waals surface area contributed by atoms with Gasteiger partial charge in [0.15, 0.2) is 5.65 Å². The van der Waals surface area contributed by atoms with Crippen molar-refractivity contribution in [2.45, 2.75) is 6.92 Å². The summed E-state index contributed by atoms with van der Waals surface area (Å²) >= 11 is 0. The molecule has 0 aliphatic carbocycles. The molecule has 0 fully saturated rings. The van der Waals surface area contributed by atoms with Crippen molar-refractivity contribution in [2.75, 3.05) is 7.05 Å². The Morgan fingerprint density at radius 1 is 1.24 bits per heavy atom. The molecule has 21 heavy (non-hydrogen) atoms. The lowest BCUT2D eigenvalue weighted by atomic mass is 10.1. The van der Waals surface area contributed by atoms with Gasteiger partial charge >= 0.3 is 0 Å². The minimum Gasteiger partial charge on any atom is -0.355 e. The van der Waals surface area contributed by atoms with E-state index in [1.54, 1.807) is 11.7 Å². The second kappa shape index (κ2) is 5.01. The Morgan fingerprint density at radius 3 is 2.62 bits per heavy atom. The highest BCUT2D eigenvalue weighted by Crippen LogP contribution is 2.26. The van der Waals surface area contributed by atoms with Gasteiger partial charge in [0.05, 0.1) is 22.3 Å². The van der Waals surface area contributed by atoms with E-state index in [2.05, 4.69) is 15.4 Å². The number of pyridine rings is 1. The zero-order valence-electron chi connectivity index (χ0n) is 12.2. The number of aryl methyl sites for hydroxylation is 2. The molecule has 1 aromatic carbocycles. The van der Waals surface area contributed by atoms with E-state index < -0.39 is 0 Å². The van der Waals surface area contributed by atoms with Crippen LogP contribution < -0.4 is 5.32 Å². The number of nitrogens with zero attached hydrogens (tertiary/aromatic N) is 3. The molecular formula is C16H16N4O. The first-order valence-electron chi connectivity index (χ1n) is 6.73. The maximum absolute atomic E-state index is 12.2. The molecule has 0 saturated heterocycles.